The summed E-state index contributed by atoms with van der Waals surface area (Å²) < 4.78 is 15.7. The number of benzene rings is 1. The molecule has 1 aromatic carbocycles. The zero-order chi connectivity index (χ0) is 20.5. The molecule has 0 radical (unpaired) electrons. The first-order chi connectivity index (χ1) is 13.5. The third-order valence-electron chi connectivity index (χ3n) is 4.07. The van der Waals surface area contributed by atoms with Gasteiger partial charge < -0.3 is 19.1 Å². The van der Waals surface area contributed by atoms with Gasteiger partial charge in [-0.1, -0.05) is 6.07 Å². The van der Waals surface area contributed by atoms with Gasteiger partial charge in [0.15, 0.2) is 18.1 Å². The Morgan fingerprint density at radius 3 is 2.54 bits per heavy atom. The number of carbonyl (C=O) groups is 2. The van der Waals surface area contributed by atoms with Crippen molar-refractivity contribution in [3.05, 3.63) is 47.7 Å². The number of rotatable bonds is 9. The summed E-state index contributed by atoms with van der Waals surface area (Å²) in [4.78, 5) is 30.5. The highest BCUT2D eigenvalue weighted by molar-refractivity contribution is 7.98. The predicted octanol–water partition coefficient (Wildman–Crippen LogP) is 3.03. The fourth-order valence-electron chi connectivity index (χ4n) is 2.58. The van der Waals surface area contributed by atoms with Crippen molar-refractivity contribution in [1.29, 1.82) is 0 Å². The van der Waals surface area contributed by atoms with E-state index >= 15 is 0 Å². The molecule has 0 fully saturated rings. The zero-order valence-corrected chi connectivity index (χ0v) is 17.2. The van der Waals surface area contributed by atoms with E-state index in [1.54, 1.807) is 43.5 Å². The molecule has 150 valence electrons. The lowest BCUT2D eigenvalue weighted by molar-refractivity contribution is -0.134. The summed E-state index contributed by atoms with van der Waals surface area (Å²) in [6, 6.07) is 8.77. The number of esters is 1. The van der Waals surface area contributed by atoms with Gasteiger partial charge in [0.25, 0.3) is 5.91 Å². The van der Waals surface area contributed by atoms with Crippen LogP contribution in [-0.4, -0.2) is 55.4 Å². The maximum atomic E-state index is 12.5. The summed E-state index contributed by atoms with van der Waals surface area (Å²) >= 11 is 1.35. The Morgan fingerprint density at radius 1 is 1.14 bits per heavy atom. The van der Waals surface area contributed by atoms with Crippen LogP contribution in [0, 0.1) is 0 Å². The maximum absolute atomic E-state index is 12.5. The highest BCUT2D eigenvalue weighted by atomic mass is 32.2. The second-order valence-corrected chi connectivity index (χ2v) is 6.53. The number of amides is 1. The molecule has 0 N–H and O–H groups in total. The lowest BCUT2D eigenvalue weighted by Gasteiger charge is -2.21. The highest BCUT2D eigenvalue weighted by Crippen LogP contribution is 2.28. The molecule has 1 heterocycles. The third kappa shape index (κ3) is 5.39. The van der Waals surface area contributed by atoms with Crippen LogP contribution < -0.4 is 9.47 Å². The average molecular weight is 404 g/mol. The van der Waals surface area contributed by atoms with Crippen LogP contribution in [0.2, 0.25) is 0 Å². The molecule has 1 aromatic heterocycles. The number of likely N-dealkylation sites (N-methyl/N-ethyl adjacent to an activating group) is 1. The van der Waals surface area contributed by atoms with E-state index in [2.05, 4.69) is 4.98 Å². The molecule has 0 bridgehead atoms. The molecule has 0 aliphatic heterocycles. The van der Waals surface area contributed by atoms with Gasteiger partial charge >= 0.3 is 5.97 Å². The van der Waals surface area contributed by atoms with E-state index in [-0.39, 0.29) is 12.5 Å². The van der Waals surface area contributed by atoms with E-state index in [0.717, 1.165) is 5.56 Å². The lowest BCUT2D eigenvalue weighted by atomic mass is 10.2. The number of ether oxygens (including phenoxy) is 3. The van der Waals surface area contributed by atoms with Crippen LogP contribution >= 0.6 is 11.8 Å². The topological polar surface area (TPSA) is 78.0 Å². The number of pyridine rings is 1. The van der Waals surface area contributed by atoms with Crippen molar-refractivity contribution in [1.82, 2.24) is 9.88 Å². The Labute approximate surface area is 169 Å². The van der Waals surface area contributed by atoms with Crippen LogP contribution in [0.1, 0.15) is 22.8 Å². The smallest absolute Gasteiger partial charge is 0.341 e. The van der Waals surface area contributed by atoms with E-state index < -0.39 is 5.97 Å². The van der Waals surface area contributed by atoms with Crippen LogP contribution in [0.15, 0.2) is 41.6 Å². The molecule has 0 spiro atoms. The average Bonchev–Trinajstić information content (AvgIpc) is 2.75. The van der Waals surface area contributed by atoms with Crippen LogP contribution in [0.25, 0.3) is 0 Å². The molecule has 0 saturated carbocycles. The molecule has 2 rings (SSSR count). The van der Waals surface area contributed by atoms with Gasteiger partial charge in [0, 0.05) is 19.3 Å². The van der Waals surface area contributed by atoms with Gasteiger partial charge in [-0.25, -0.2) is 9.78 Å². The summed E-state index contributed by atoms with van der Waals surface area (Å²) in [7, 11) is 3.13. The molecule has 8 heteroatoms. The van der Waals surface area contributed by atoms with Crippen molar-refractivity contribution < 1.29 is 23.8 Å². The molecular formula is C20H24N2O5S. The Balaban J connectivity index is 2.01. The fourth-order valence-corrected chi connectivity index (χ4v) is 3.12. The first kappa shape index (κ1) is 21.6. The normalized spacial score (nSPS) is 10.3. The number of hydrogen-bond donors (Lipinski definition) is 0. The van der Waals surface area contributed by atoms with E-state index in [1.807, 2.05) is 25.3 Å². The van der Waals surface area contributed by atoms with Gasteiger partial charge in [-0.2, -0.15) is 0 Å². The monoisotopic (exact) mass is 404 g/mol. The van der Waals surface area contributed by atoms with Crippen LogP contribution in [0.4, 0.5) is 0 Å². The second kappa shape index (κ2) is 10.6. The van der Waals surface area contributed by atoms with Gasteiger partial charge in [0.05, 0.1) is 19.8 Å². The zero-order valence-electron chi connectivity index (χ0n) is 16.4. The molecule has 0 aliphatic rings. The van der Waals surface area contributed by atoms with Crippen molar-refractivity contribution in [2.75, 3.05) is 33.6 Å². The number of hydrogen-bond acceptors (Lipinski definition) is 7. The van der Waals surface area contributed by atoms with Gasteiger partial charge in [-0.05, 0) is 43.0 Å². The largest absolute Gasteiger partial charge is 0.493 e. The quantitative estimate of drug-likeness (QED) is 0.470. The van der Waals surface area contributed by atoms with Gasteiger partial charge in [-0.15, -0.1) is 11.8 Å². The van der Waals surface area contributed by atoms with Crippen molar-refractivity contribution in [3.63, 3.8) is 0 Å². The number of aromatic nitrogens is 1. The van der Waals surface area contributed by atoms with E-state index in [4.69, 9.17) is 14.2 Å². The summed E-state index contributed by atoms with van der Waals surface area (Å²) in [5.41, 5.74) is 1.24. The number of thioether (sulfide) groups is 1. The molecule has 28 heavy (non-hydrogen) atoms. The summed E-state index contributed by atoms with van der Waals surface area (Å²) in [5.74, 6) is 0.375. The minimum Gasteiger partial charge on any atom is -0.493 e. The second-order valence-electron chi connectivity index (χ2n) is 5.73. The lowest BCUT2D eigenvalue weighted by Crippen LogP contribution is -2.34. The predicted molar refractivity (Wildman–Crippen MR) is 107 cm³/mol. The van der Waals surface area contributed by atoms with Crippen molar-refractivity contribution in [3.8, 4) is 11.5 Å². The van der Waals surface area contributed by atoms with Gasteiger partial charge in [0.2, 0.25) is 0 Å². The SMILES string of the molecule is CCN(Cc1ccc(OC)c(OC)c1)C(=O)COC(=O)c1cccnc1SC. The van der Waals surface area contributed by atoms with Gasteiger partial charge in [-0.3, -0.25) is 4.79 Å². The van der Waals surface area contributed by atoms with Crippen molar-refractivity contribution in [2.24, 2.45) is 0 Å². The van der Waals surface area contributed by atoms with Crippen LogP contribution in [0.5, 0.6) is 11.5 Å². The minimum atomic E-state index is -0.562. The fraction of sp³-hybridized carbons (Fsp3) is 0.350. The molecule has 0 atom stereocenters. The number of carbonyl (C=O) groups excluding carboxylic acids is 2. The first-order valence-electron chi connectivity index (χ1n) is 8.68. The van der Waals surface area contributed by atoms with E-state index in [9.17, 15) is 9.59 Å². The maximum Gasteiger partial charge on any atom is 0.341 e. The van der Waals surface area contributed by atoms with Crippen molar-refractivity contribution >= 4 is 23.6 Å². The molecule has 0 saturated heterocycles. The van der Waals surface area contributed by atoms with Gasteiger partial charge in [0.1, 0.15) is 5.03 Å². The standard InChI is InChI=1S/C20H24N2O5S/c1-5-22(12-14-8-9-16(25-2)17(11-14)26-3)18(23)13-27-20(24)15-7-6-10-21-19(15)28-4/h6-11H,5,12-13H2,1-4H3. The Kier molecular flexibility index (Phi) is 8.13. The van der Waals surface area contributed by atoms with E-state index in [1.165, 1.54) is 11.8 Å². The Morgan fingerprint density at radius 2 is 1.89 bits per heavy atom. The Bertz CT molecular complexity index is 828. The molecule has 2 aromatic rings. The van der Waals surface area contributed by atoms with Crippen LogP contribution in [-0.2, 0) is 16.1 Å². The summed E-state index contributed by atoms with van der Waals surface area (Å²) in [5, 5.41) is 0.567. The third-order valence-corrected chi connectivity index (χ3v) is 4.78. The first-order valence-corrected chi connectivity index (χ1v) is 9.91. The van der Waals surface area contributed by atoms with Crippen LogP contribution in [0.3, 0.4) is 0 Å². The molecular weight excluding hydrogens is 380 g/mol. The highest BCUT2D eigenvalue weighted by Gasteiger charge is 2.18. The summed E-state index contributed by atoms with van der Waals surface area (Å²) in [6.45, 7) is 2.39. The van der Waals surface area contributed by atoms with E-state index in [0.29, 0.717) is 35.2 Å². The minimum absolute atomic E-state index is 0.278. The number of nitrogens with zero attached hydrogens (tertiary/aromatic N) is 2. The summed E-state index contributed by atoms with van der Waals surface area (Å²) in [6.07, 6.45) is 3.43. The molecule has 0 aliphatic carbocycles. The molecule has 0 unspecified atom stereocenters. The molecule has 1 amide bonds. The van der Waals surface area contributed by atoms with Crippen molar-refractivity contribution in [2.45, 2.75) is 18.5 Å². The molecule has 7 nitrogen and oxygen atoms in total. The Hall–Kier alpha value is -2.74. The number of methoxy groups -OCH3 is 2.